The smallest absolute Gasteiger partial charge is 0.220 e. The third-order valence-electron chi connectivity index (χ3n) is 3.54. The molecule has 0 aliphatic carbocycles. The maximum atomic E-state index is 11.7. The molecule has 92 valence electrons. The molecule has 2 heterocycles. The van der Waals surface area contributed by atoms with E-state index in [0.29, 0.717) is 18.3 Å². The van der Waals surface area contributed by atoms with Gasteiger partial charge >= 0.3 is 0 Å². The number of hydrogen-bond acceptors (Lipinski definition) is 3. The maximum Gasteiger partial charge on any atom is 0.220 e. The Morgan fingerprint density at radius 2 is 2.06 bits per heavy atom. The van der Waals surface area contributed by atoms with Gasteiger partial charge in [-0.05, 0) is 38.3 Å². The first-order valence-electron chi connectivity index (χ1n) is 6.40. The van der Waals surface area contributed by atoms with Crippen LogP contribution in [-0.4, -0.2) is 38.8 Å². The van der Waals surface area contributed by atoms with Gasteiger partial charge in [-0.1, -0.05) is 0 Å². The van der Waals surface area contributed by atoms with Crippen LogP contribution in [0, 0.1) is 11.8 Å². The van der Waals surface area contributed by atoms with Crippen LogP contribution in [0.15, 0.2) is 0 Å². The number of hydrogen-bond donors (Lipinski definition) is 2. The predicted octanol–water partition coefficient (Wildman–Crippen LogP) is 0.529. The second-order valence-corrected chi connectivity index (χ2v) is 4.93. The summed E-state index contributed by atoms with van der Waals surface area (Å²) in [5.41, 5.74) is 0. The molecule has 2 saturated heterocycles. The second kappa shape index (κ2) is 6.21. The van der Waals surface area contributed by atoms with Gasteiger partial charge in [0, 0.05) is 25.5 Å². The van der Waals surface area contributed by atoms with E-state index in [4.69, 9.17) is 4.74 Å². The van der Waals surface area contributed by atoms with Crippen molar-refractivity contribution < 1.29 is 9.53 Å². The molecule has 0 spiro atoms. The standard InChI is InChI=1S/C12H22N2O2/c15-12(7-10-1-4-13-5-2-10)14-8-11-3-6-16-9-11/h10-11,13H,1-9H2,(H,14,15). The van der Waals surface area contributed by atoms with E-state index in [2.05, 4.69) is 10.6 Å². The fourth-order valence-electron chi connectivity index (χ4n) is 2.42. The lowest BCUT2D eigenvalue weighted by Gasteiger charge is -2.22. The predicted molar refractivity (Wildman–Crippen MR) is 62.1 cm³/mol. The van der Waals surface area contributed by atoms with Gasteiger partial charge in [0.1, 0.15) is 0 Å². The quantitative estimate of drug-likeness (QED) is 0.735. The van der Waals surface area contributed by atoms with E-state index in [9.17, 15) is 4.79 Å². The summed E-state index contributed by atoms with van der Waals surface area (Å²) in [5, 5.41) is 6.35. The molecule has 2 aliphatic rings. The minimum atomic E-state index is 0.221. The molecule has 4 nitrogen and oxygen atoms in total. The van der Waals surface area contributed by atoms with Crippen molar-refractivity contribution in [3.05, 3.63) is 0 Å². The first-order valence-corrected chi connectivity index (χ1v) is 6.40. The Labute approximate surface area is 97.1 Å². The van der Waals surface area contributed by atoms with Crippen molar-refractivity contribution in [1.29, 1.82) is 0 Å². The minimum Gasteiger partial charge on any atom is -0.381 e. The number of nitrogens with one attached hydrogen (secondary N) is 2. The van der Waals surface area contributed by atoms with Gasteiger partial charge in [-0.2, -0.15) is 0 Å². The van der Waals surface area contributed by atoms with Crippen LogP contribution in [0.5, 0.6) is 0 Å². The lowest BCUT2D eigenvalue weighted by molar-refractivity contribution is -0.122. The van der Waals surface area contributed by atoms with Gasteiger partial charge in [-0.15, -0.1) is 0 Å². The normalized spacial score (nSPS) is 26.9. The topological polar surface area (TPSA) is 50.4 Å². The molecule has 0 aromatic heterocycles. The van der Waals surface area contributed by atoms with E-state index in [0.717, 1.165) is 52.1 Å². The summed E-state index contributed by atoms with van der Waals surface area (Å²) in [6.45, 7) is 4.59. The van der Waals surface area contributed by atoms with Crippen molar-refractivity contribution in [3.63, 3.8) is 0 Å². The van der Waals surface area contributed by atoms with Crippen molar-refractivity contribution in [1.82, 2.24) is 10.6 Å². The van der Waals surface area contributed by atoms with Crippen molar-refractivity contribution in [2.75, 3.05) is 32.8 Å². The van der Waals surface area contributed by atoms with Crippen LogP contribution in [0.3, 0.4) is 0 Å². The number of carbonyl (C=O) groups excluding carboxylic acids is 1. The highest BCUT2D eigenvalue weighted by Gasteiger charge is 2.19. The summed E-state index contributed by atoms with van der Waals surface area (Å²) in [6, 6.07) is 0. The highest BCUT2D eigenvalue weighted by atomic mass is 16.5. The average molecular weight is 226 g/mol. The van der Waals surface area contributed by atoms with Crippen LogP contribution >= 0.6 is 0 Å². The summed E-state index contributed by atoms with van der Waals surface area (Å²) >= 11 is 0. The van der Waals surface area contributed by atoms with Crippen LogP contribution in [0.4, 0.5) is 0 Å². The highest BCUT2D eigenvalue weighted by Crippen LogP contribution is 2.16. The van der Waals surface area contributed by atoms with Crippen molar-refractivity contribution >= 4 is 5.91 Å². The third-order valence-corrected chi connectivity index (χ3v) is 3.54. The Morgan fingerprint density at radius 3 is 2.75 bits per heavy atom. The van der Waals surface area contributed by atoms with Crippen LogP contribution in [0.2, 0.25) is 0 Å². The average Bonchev–Trinajstić information content (AvgIpc) is 2.81. The van der Waals surface area contributed by atoms with E-state index in [1.165, 1.54) is 0 Å². The molecular weight excluding hydrogens is 204 g/mol. The summed E-state index contributed by atoms with van der Waals surface area (Å²) in [4.78, 5) is 11.7. The van der Waals surface area contributed by atoms with Gasteiger partial charge in [-0.3, -0.25) is 4.79 Å². The molecule has 0 saturated carbocycles. The maximum absolute atomic E-state index is 11.7. The first kappa shape index (κ1) is 11.9. The van der Waals surface area contributed by atoms with Gasteiger partial charge < -0.3 is 15.4 Å². The first-order chi connectivity index (χ1) is 7.84. The van der Waals surface area contributed by atoms with Gasteiger partial charge in [0.05, 0.1) is 6.61 Å². The van der Waals surface area contributed by atoms with E-state index in [1.807, 2.05) is 0 Å². The Balaban J connectivity index is 1.59. The summed E-state index contributed by atoms with van der Waals surface area (Å²) in [5.74, 6) is 1.34. The molecule has 1 atom stereocenters. The zero-order valence-corrected chi connectivity index (χ0v) is 9.84. The zero-order chi connectivity index (χ0) is 11.2. The monoisotopic (exact) mass is 226 g/mol. The molecular formula is C12H22N2O2. The van der Waals surface area contributed by atoms with Crippen molar-refractivity contribution in [3.8, 4) is 0 Å². The fourth-order valence-corrected chi connectivity index (χ4v) is 2.42. The second-order valence-electron chi connectivity index (χ2n) is 4.93. The van der Waals surface area contributed by atoms with Crippen molar-refractivity contribution in [2.45, 2.75) is 25.7 Å². The van der Waals surface area contributed by atoms with Crippen LogP contribution in [0.25, 0.3) is 0 Å². The molecule has 0 radical (unpaired) electrons. The summed E-state index contributed by atoms with van der Waals surface area (Å²) < 4.78 is 5.28. The van der Waals surface area contributed by atoms with E-state index < -0.39 is 0 Å². The lowest BCUT2D eigenvalue weighted by Crippen LogP contribution is -2.34. The fraction of sp³-hybridized carbons (Fsp3) is 0.917. The van der Waals surface area contributed by atoms with Crippen LogP contribution < -0.4 is 10.6 Å². The Morgan fingerprint density at radius 1 is 1.25 bits per heavy atom. The van der Waals surface area contributed by atoms with Gasteiger partial charge in [-0.25, -0.2) is 0 Å². The molecule has 0 aromatic carbocycles. The Hall–Kier alpha value is -0.610. The molecule has 2 fully saturated rings. The Bertz CT molecular complexity index is 221. The molecule has 1 unspecified atom stereocenters. The van der Waals surface area contributed by atoms with E-state index >= 15 is 0 Å². The van der Waals surface area contributed by atoms with E-state index in [-0.39, 0.29) is 5.91 Å². The number of carbonyl (C=O) groups is 1. The van der Waals surface area contributed by atoms with Gasteiger partial charge in [0.15, 0.2) is 0 Å². The third kappa shape index (κ3) is 3.76. The summed E-state index contributed by atoms with van der Waals surface area (Å²) in [6.07, 6.45) is 4.07. The molecule has 0 aromatic rings. The van der Waals surface area contributed by atoms with Gasteiger partial charge in [0.2, 0.25) is 5.91 Å². The number of ether oxygens (including phenoxy) is 1. The van der Waals surface area contributed by atoms with Crippen molar-refractivity contribution in [2.24, 2.45) is 11.8 Å². The number of rotatable bonds is 4. The summed E-state index contributed by atoms with van der Waals surface area (Å²) in [7, 11) is 0. The molecule has 2 N–H and O–H groups in total. The largest absolute Gasteiger partial charge is 0.381 e. The lowest BCUT2D eigenvalue weighted by atomic mass is 9.94. The van der Waals surface area contributed by atoms with E-state index in [1.54, 1.807) is 0 Å². The Kier molecular flexibility index (Phi) is 4.60. The van der Waals surface area contributed by atoms with Crippen LogP contribution in [-0.2, 0) is 9.53 Å². The van der Waals surface area contributed by atoms with Gasteiger partial charge in [0.25, 0.3) is 0 Å². The SMILES string of the molecule is O=C(CC1CCNCC1)NCC1CCOC1. The molecule has 0 bridgehead atoms. The molecule has 4 heteroatoms. The number of amides is 1. The number of piperidine rings is 1. The molecule has 1 amide bonds. The van der Waals surface area contributed by atoms with Crippen LogP contribution in [0.1, 0.15) is 25.7 Å². The highest BCUT2D eigenvalue weighted by molar-refractivity contribution is 5.76. The molecule has 16 heavy (non-hydrogen) atoms. The zero-order valence-electron chi connectivity index (χ0n) is 9.84. The minimum absolute atomic E-state index is 0.221. The molecule has 2 aliphatic heterocycles. The molecule has 2 rings (SSSR count).